The van der Waals surface area contributed by atoms with Gasteiger partial charge < -0.3 is 44.1 Å². The number of carbonyl (C=O) groups is 7. The lowest BCUT2D eigenvalue weighted by molar-refractivity contribution is -0.152. The van der Waals surface area contributed by atoms with Gasteiger partial charge in [0.05, 0.1) is 78.7 Å². The van der Waals surface area contributed by atoms with Crippen molar-refractivity contribution in [1.29, 1.82) is 0 Å². The minimum atomic E-state index is -4.58. The van der Waals surface area contributed by atoms with Gasteiger partial charge in [-0.15, -0.1) is 0 Å². The topological polar surface area (TPSA) is 314 Å². The number of amides is 6. The highest BCUT2D eigenvalue weighted by atomic mass is 32.2. The Kier molecular flexibility index (Phi) is 21.4. The highest BCUT2D eigenvalue weighted by Crippen LogP contribution is 2.53. The number of hydrogen-bond donors (Lipinski definition) is 4. The van der Waals surface area contributed by atoms with Crippen LogP contribution >= 0.6 is 0 Å². The van der Waals surface area contributed by atoms with E-state index in [0.717, 1.165) is 67.1 Å². The molecule has 14 rings (SSSR count). The maximum absolute atomic E-state index is 14.9. The number of nitrogens with zero attached hydrogens (tertiary/aromatic N) is 4. The molecular formula is C80H103F3N8O16S2. The summed E-state index contributed by atoms with van der Waals surface area (Å²) in [4.78, 5) is 112. The van der Waals surface area contributed by atoms with Crippen molar-refractivity contribution in [1.82, 2.24) is 39.8 Å². The molecular weight excluding hydrogens is 1450 g/mol. The Morgan fingerprint density at radius 1 is 0.633 bits per heavy atom. The Morgan fingerprint density at radius 2 is 1.09 bits per heavy atom. The lowest BCUT2D eigenvalue weighted by Crippen LogP contribution is -2.57. The van der Waals surface area contributed by atoms with Crippen molar-refractivity contribution in [3.05, 3.63) is 83.2 Å². The zero-order valence-corrected chi connectivity index (χ0v) is 65.4. The van der Waals surface area contributed by atoms with Crippen LogP contribution in [-0.4, -0.2) is 162 Å². The number of aromatic nitrogens is 2. The predicted molar refractivity (Wildman–Crippen MR) is 399 cm³/mol. The van der Waals surface area contributed by atoms with E-state index in [4.69, 9.17) is 28.7 Å². The monoisotopic (exact) mass is 1550 g/mol. The van der Waals surface area contributed by atoms with Crippen molar-refractivity contribution >= 4 is 83.3 Å². The van der Waals surface area contributed by atoms with Crippen LogP contribution in [-0.2, 0) is 84.0 Å². The van der Waals surface area contributed by atoms with Crippen LogP contribution in [0.4, 0.5) is 13.2 Å². The summed E-state index contributed by atoms with van der Waals surface area (Å²) in [6.45, 7) is 13.1. The van der Waals surface area contributed by atoms with Gasteiger partial charge in [0.2, 0.25) is 43.7 Å². The summed E-state index contributed by atoms with van der Waals surface area (Å²) in [5.41, 5.74) is -2.22. The van der Waals surface area contributed by atoms with Crippen molar-refractivity contribution in [2.45, 2.75) is 259 Å². The van der Waals surface area contributed by atoms with Crippen molar-refractivity contribution in [3.63, 3.8) is 0 Å². The minimum absolute atomic E-state index is 0.00463. The number of hydrogen-bond acceptors (Lipinski definition) is 18. The first-order valence-corrected chi connectivity index (χ1v) is 41.7. The third-order valence-electron chi connectivity index (χ3n) is 24.3. The molecule has 592 valence electrons. The van der Waals surface area contributed by atoms with Gasteiger partial charge in [-0.05, 0) is 165 Å². The Bertz CT molecular complexity index is 4610. The van der Waals surface area contributed by atoms with Crippen LogP contribution in [0.25, 0.3) is 21.8 Å². The van der Waals surface area contributed by atoms with Crippen molar-refractivity contribution < 1.29 is 87.3 Å². The minimum Gasteiger partial charge on any atom is -0.497 e. The Balaban J connectivity index is 0.000000193. The molecule has 2 spiro atoms. The van der Waals surface area contributed by atoms with Crippen molar-refractivity contribution in [2.24, 2.45) is 29.1 Å². The van der Waals surface area contributed by atoms with Gasteiger partial charge >= 0.3 is 12.1 Å². The van der Waals surface area contributed by atoms with E-state index in [1.165, 1.54) is 12.0 Å². The molecule has 4 aromatic rings. The molecule has 2 saturated heterocycles. The molecule has 10 atom stereocenters. The van der Waals surface area contributed by atoms with Gasteiger partial charge in [0, 0.05) is 58.4 Å². The van der Waals surface area contributed by atoms with Crippen LogP contribution in [0, 0.1) is 29.1 Å². The molecule has 4 N–H and O–H groups in total. The summed E-state index contributed by atoms with van der Waals surface area (Å²) < 4.78 is 127. The zero-order valence-electron chi connectivity index (χ0n) is 63.8. The lowest BCUT2D eigenvalue weighted by Gasteiger charge is -2.37. The summed E-state index contributed by atoms with van der Waals surface area (Å²) in [7, 11) is -4.88. The number of methoxy groups -OCH3 is 2. The molecule has 29 heteroatoms. The fourth-order valence-electron chi connectivity index (χ4n) is 16.7. The molecule has 4 saturated carbocycles. The number of aryl methyl sites for hydroxylation is 3. The standard InChI is InChI=1S/C43H58N4O9S.C37H45F3N4O7S/c1-7-32-36-30(31-22-29(54-6)15-16-33(31)44-32)17-18-42(56-36)24-34-37(49)45-43(39(51)46-57(52,53)41(5)19-20-41)23-28(43)14-12-10-8-9-11-13-27(38(50)47(34)25-42)21-35(48)55-26-40(2,3)4;1-22-9-7-5-4-6-8-10-23-18-36(23,33(47)43-52(48,49)34(2)15-16-34)42-31(45)29-20-35(21-44(29)32(22)46)14-13-25-26-17-24(50-3)11-12-27(26)41-28(30(25)51-35)19-37(38,39)40/h12,14-16,22,27-28,34H,7-11,13,17-21,23-26H2,1-6H3,(H,45,49)(H,46,51);8,10-12,17,22-23,29H,4-7,9,13-16,18-21H2,1-3H3,(H,42,45)(H,43,47)/b14-12-;10-8-/t27-,28-,34+,42-,43-;22-,23+,29-,35+,36+/m10/s1. The summed E-state index contributed by atoms with van der Waals surface area (Å²) in [5, 5.41) is 7.37. The molecule has 4 aliphatic carbocycles. The predicted octanol–water partition coefficient (Wildman–Crippen LogP) is 10.5. The molecule has 0 unspecified atom stereocenters. The molecule has 8 heterocycles. The molecule has 0 radical (unpaired) electrons. The number of sulfonamides is 2. The van der Waals surface area contributed by atoms with Gasteiger partial charge in [-0.25, -0.2) is 26.8 Å². The van der Waals surface area contributed by atoms with Crippen LogP contribution in [0.3, 0.4) is 0 Å². The van der Waals surface area contributed by atoms with Crippen molar-refractivity contribution in [3.8, 4) is 23.0 Å². The summed E-state index contributed by atoms with van der Waals surface area (Å²) in [6.07, 6.45) is 13.6. The van der Waals surface area contributed by atoms with Crippen LogP contribution < -0.4 is 39.0 Å². The Hall–Kier alpha value is -8.08. The van der Waals surface area contributed by atoms with Gasteiger partial charge in [0.1, 0.15) is 57.4 Å². The van der Waals surface area contributed by atoms with E-state index >= 15 is 0 Å². The normalized spacial score (nSPS) is 29.9. The molecule has 6 aliphatic heterocycles. The SMILES string of the molecule is CCc1nc2ccc(OC)cc2c2c1O[C@]1(CC2)C[C@H]2C(=O)N[C@]3(C(=O)NS(=O)(=O)C4(C)CC4)C[C@H]3/C=C\CCCCC[C@H](CC(=O)OCC(C)(C)C)C(=O)N2C1.COc1ccc2nc(CC(F)(F)F)c3c(c2c1)CC[C@]1(C[C@H]2C(=O)N[C@]4(C(=O)NS(=O)(=O)C5(C)CC5)C[C@H]4/C=C\CCCCC[C@H](C)C(=O)N2C1)O3. The number of fused-ring (bicyclic) bond motifs is 10. The number of pyridine rings is 2. The van der Waals surface area contributed by atoms with E-state index in [1.54, 1.807) is 51.0 Å². The number of carbonyl (C=O) groups excluding carboxylic acids is 7. The average Bonchev–Trinajstić information content (AvgIpc) is 1.45. The van der Waals surface area contributed by atoms with Crippen molar-refractivity contribution in [2.75, 3.05) is 33.9 Å². The Morgan fingerprint density at radius 3 is 1.54 bits per heavy atom. The van der Waals surface area contributed by atoms with Gasteiger partial charge in [-0.2, -0.15) is 13.2 Å². The van der Waals surface area contributed by atoms with Crippen LogP contribution in [0.5, 0.6) is 23.0 Å². The number of halogens is 3. The van der Waals surface area contributed by atoms with Gasteiger partial charge in [-0.3, -0.25) is 43.0 Å². The number of esters is 1. The lowest BCUT2D eigenvalue weighted by atomic mass is 9.86. The molecule has 10 aliphatic rings. The average molecular weight is 1550 g/mol. The van der Waals surface area contributed by atoms with E-state index in [9.17, 15) is 63.6 Å². The smallest absolute Gasteiger partial charge is 0.394 e. The number of alkyl halides is 3. The second-order valence-electron chi connectivity index (χ2n) is 34.1. The molecule has 24 nitrogen and oxygen atoms in total. The number of rotatable bonds is 13. The molecule has 109 heavy (non-hydrogen) atoms. The van der Waals surface area contributed by atoms with E-state index in [1.807, 2.05) is 70.2 Å². The fraction of sp³-hybridized carbons (Fsp3) is 0.637. The molecule has 6 fully saturated rings. The third kappa shape index (κ3) is 16.2. The van der Waals surface area contributed by atoms with Crippen LogP contribution in [0.2, 0.25) is 0 Å². The zero-order chi connectivity index (χ0) is 78.2. The highest BCUT2D eigenvalue weighted by Gasteiger charge is 2.66. The largest absolute Gasteiger partial charge is 0.497 e. The van der Waals surface area contributed by atoms with E-state index in [-0.39, 0.29) is 80.5 Å². The van der Waals surface area contributed by atoms with Crippen LogP contribution in [0.1, 0.15) is 206 Å². The van der Waals surface area contributed by atoms with E-state index in [0.29, 0.717) is 111 Å². The number of benzene rings is 2. The first-order valence-electron chi connectivity index (χ1n) is 38.7. The van der Waals surface area contributed by atoms with E-state index < -0.39 is 130 Å². The Labute approximate surface area is 635 Å². The maximum Gasteiger partial charge on any atom is 0.394 e. The first-order chi connectivity index (χ1) is 51.4. The first kappa shape index (κ1) is 79.0. The van der Waals surface area contributed by atoms with Gasteiger partial charge in [-0.1, -0.05) is 84.6 Å². The summed E-state index contributed by atoms with van der Waals surface area (Å²) in [6, 6.07) is 8.55. The number of ether oxygens (including phenoxy) is 5. The summed E-state index contributed by atoms with van der Waals surface area (Å²) >= 11 is 0. The maximum atomic E-state index is 14.9. The quantitative estimate of drug-likeness (QED) is 0.0714. The highest BCUT2D eigenvalue weighted by molar-refractivity contribution is 7.92. The number of nitrogens with one attached hydrogen (secondary N) is 4. The molecule has 2 aromatic heterocycles. The second-order valence-corrected chi connectivity index (χ2v) is 38.4. The van der Waals surface area contributed by atoms with E-state index in [2.05, 4.69) is 25.1 Å². The third-order valence-corrected chi connectivity index (χ3v) is 28.6. The molecule has 2 aromatic carbocycles. The fourth-order valence-corrected chi connectivity index (χ4v) is 19.3. The van der Waals surface area contributed by atoms with Gasteiger partial charge in [0.25, 0.3) is 11.8 Å². The second kappa shape index (κ2) is 29.5. The molecule has 6 amide bonds. The number of allylic oxidation sites excluding steroid dienone is 2. The molecule has 0 bridgehead atoms. The van der Waals surface area contributed by atoms with Crippen LogP contribution in [0.15, 0.2) is 60.7 Å². The van der Waals surface area contributed by atoms with Gasteiger partial charge in [0.15, 0.2) is 0 Å². The summed E-state index contributed by atoms with van der Waals surface area (Å²) in [5.74, 6) is -4.09.